The quantitative estimate of drug-likeness (QED) is 0.482. The summed E-state index contributed by atoms with van der Waals surface area (Å²) in [7, 11) is 0. The topological polar surface area (TPSA) is 116 Å². The number of H-pyrrole nitrogens is 1. The molecule has 0 saturated carbocycles. The van der Waals surface area contributed by atoms with Crippen LogP contribution < -0.4 is 20.5 Å². The van der Waals surface area contributed by atoms with Gasteiger partial charge >= 0.3 is 0 Å². The summed E-state index contributed by atoms with van der Waals surface area (Å²) in [5, 5.41) is 7.98. The highest BCUT2D eigenvalue weighted by atomic mass is 16.7. The van der Waals surface area contributed by atoms with Gasteiger partial charge in [0.05, 0.1) is 28.8 Å². The molecule has 0 unspecified atom stereocenters. The number of aromatic amines is 1. The van der Waals surface area contributed by atoms with Crippen molar-refractivity contribution >= 4 is 16.9 Å². The lowest BCUT2D eigenvalue weighted by molar-refractivity contribution is 0.174. The van der Waals surface area contributed by atoms with Crippen molar-refractivity contribution in [3.8, 4) is 34.0 Å². The minimum Gasteiger partial charge on any atom is -0.454 e. The van der Waals surface area contributed by atoms with E-state index in [1.54, 1.807) is 6.20 Å². The van der Waals surface area contributed by atoms with E-state index in [9.17, 15) is 0 Å². The summed E-state index contributed by atoms with van der Waals surface area (Å²) in [4.78, 5) is 12.4. The molecule has 4 N–H and O–H groups in total. The average Bonchev–Trinajstić information content (AvgIpc) is 3.52. The molecule has 0 aliphatic carbocycles. The molecule has 0 amide bonds. The second-order valence-corrected chi connectivity index (χ2v) is 7.66. The molecule has 0 bridgehead atoms. The first kappa shape index (κ1) is 17.3. The fourth-order valence-corrected chi connectivity index (χ4v) is 4.11. The molecular weight excluding hydrogens is 382 g/mol. The molecule has 2 aliphatic rings. The number of hydrogen-bond donors (Lipinski definition) is 3. The summed E-state index contributed by atoms with van der Waals surface area (Å²) < 4.78 is 13.0. The Hall–Kier alpha value is -3.59. The summed E-state index contributed by atoms with van der Waals surface area (Å²) in [5.74, 6) is 2.49. The molecule has 1 aromatic carbocycles. The molecule has 5 heterocycles. The van der Waals surface area contributed by atoms with Gasteiger partial charge in [0.15, 0.2) is 11.5 Å². The van der Waals surface area contributed by atoms with Crippen LogP contribution in [0.3, 0.4) is 0 Å². The molecule has 4 aromatic rings. The minimum absolute atomic E-state index is 0.235. The number of benzene rings is 1. The van der Waals surface area contributed by atoms with Crippen molar-refractivity contribution in [2.75, 3.05) is 25.6 Å². The number of aromatic nitrogens is 5. The normalized spacial score (nSPS) is 16.4. The summed E-state index contributed by atoms with van der Waals surface area (Å²) in [6.45, 7) is 2.29. The maximum absolute atomic E-state index is 6.19. The smallest absolute Gasteiger partial charge is 0.231 e. The molecule has 1 fully saturated rings. The molecular formula is C21H21N7O2. The maximum Gasteiger partial charge on any atom is 0.231 e. The lowest BCUT2D eigenvalue weighted by atomic mass is 10.1. The molecule has 152 valence electrons. The number of piperidine rings is 1. The number of nitrogens with zero attached hydrogens (tertiary/aromatic N) is 4. The second kappa shape index (κ2) is 6.74. The van der Waals surface area contributed by atoms with Crippen LogP contribution in [-0.4, -0.2) is 44.6 Å². The SMILES string of the molecule is Nc1ncc(-c2cnn(C3CCNCC3)c2)cc1-c1nc2cc3c(cc2[nH]1)OCO3. The summed E-state index contributed by atoms with van der Waals surface area (Å²) >= 11 is 0. The van der Waals surface area contributed by atoms with Gasteiger partial charge in [0, 0.05) is 35.7 Å². The first-order chi connectivity index (χ1) is 14.7. The van der Waals surface area contributed by atoms with Crippen molar-refractivity contribution in [3.63, 3.8) is 0 Å². The lowest BCUT2D eigenvalue weighted by Gasteiger charge is -2.22. The van der Waals surface area contributed by atoms with E-state index in [4.69, 9.17) is 20.2 Å². The van der Waals surface area contributed by atoms with Gasteiger partial charge in [-0.05, 0) is 32.0 Å². The number of anilines is 1. The number of nitrogens with two attached hydrogens (primary N) is 1. The molecule has 30 heavy (non-hydrogen) atoms. The third-order valence-corrected chi connectivity index (χ3v) is 5.77. The van der Waals surface area contributed by atoms with E-state index in [-0.39, 0.29) is 6.79 Å². The zero-order valence-corrected chi connectivity index (χ0v) is 16.3. The standard InChI is InChI=1S/C21H21N7O2/c22-20-15(21-26-16-6-18-19(30-11-29-18)7-17(16)27-21)5-12(8-24-20)13-9-25-28(10-13)14-1-3-23-4-2-14/h5-10,14,23H,1-4,11H2,(H2,22,24)(H,26,27). The highest BCUT2D eigenvalue weighted by Crippen LogP contribution is 2.37. The van der Waals surface area contributed by atoms with Gasteiger partial charge in [-0.2, -0.15) is 5.10 Å². The molecule has 0 atom stereocenters. The van der Waals surface area contributed by atoms with Gasteiger partial charge in [0.25, 0.3) is 0 Å². The Bertz CT molecular complexity index is 1200. The first-order valence-corrected chi connectivity index (χ1v) is 10.0. The Balaban J connectivity index is 1.36. The first-order valence-electron chi connectivity index (χ1n) is 10.0. The fourth-order valence-electron chi connectivity index (χ4n) is 4.11. The van der Waals surface area contributed by atoms with E-state index in [1.807, 2.05) is 24.4 Å². The number of imidazole rings is 1. The van der Waals surface area contributed by atoms with E-state index in [0.717, 1.165) is 53.7 Å². The number of ether oxygens (including phenoxy) is 2. The highest BCUT2D eigenvalue weighted by molar-refractivity contribution is 5.85. The highest BCUT2D eigenvalue weighted by Gasteiger charge is 2.19. The van der Waals surface area contributed by atoms with Crippen LogP contribution in [0.5, 0.6) is 11.5 Å². The fraction of sp³-hybridized carbons (Fsp3) is 0.286. The number of nitrogen functional groups attached to an aromatic ring is 1. The summed E-state index contributed by atoms with van der Waals surface area (Å²) in [6.07, 6.45) is 7.93. The number of rotatable bonds is 3. The van der Waals surface area contributed by atoms with Gasteiger partial charge in [-0.15, -0.1) is 0 Å². The van der Waals surface area contributed by atoms with E-state index in [2.05, 4.69) is 31.3 Å². The van der Waals surface area contributed by atoms with Gasteiger partial charge in [-0.1, -0.05) is 0 Å². The number of hydrogen-bond acceptors (Lipinski definition) is 7. The van der Waals surface area contributed by atoms with Gasteiger partial charge < -0.3 is 25.5 Å². The zero-order chi connectivity index (χ0) is 20.1. The molecule has 2 aliphatic heterocycles. The maximum atomic E-state index is 6.19. The lowest BCUT2D eigenvalue weighted by Crippen LogP contribution is -2.29. The van der Waals surface area contributed by atoms with Crippen LogP contribution in [0.25, 0.3) is 33.5 Å². The molecule has 6 rings (SSSR count). The molecule has 9 heteroatoms. The minimum atomic E-state index is 0.235. The second-order valence-electron chi connectivity index (χ2n) is 7.66. The molecule has 3 aromatic heterocycles. The van der Waals surface area contributed by atoms with Gasteiger partial charge in [-0.3, -0.25) is 4.68 Å². The summed E-state index contributed by atoms with van der Waals surface area (Å²) in [5.41, 5.74) is 10.6. The summed E-state index contributed by atoms with van der Waals surface area (Å²) in [6, 6.07) is 6.20. The van der Waals surface area contributed by atoms with Gasteiger partial charge in [0.2, 0.25) is 6.79 Å². The number of fused-ring (bicyclic) bond motifs is 2. The van der Waals surface area contributed by atoms with E-state index < -0.39 is 0 Å². The molecule has 0 radical (unpaired) electrons. The predicted octanol–water partition coefficient (Wildman–Crippen LogP) is 2.72. The van der Waals surface area contributed by atoms with Crippen LogP contribution in [0.2, 0.25) is 0 Å². The Morgan fingerprint density at radius 2 is 1.87 bits per heavy atom. The number of nitrogens with one attached hydrogen (secondary N) is 2. The Kier molecular flexibility index (Phi) is 3.88. The van der Waals surface area contributed by atoms with Crippen molar-refractivity contribution in [2.24, 2.45) is 0 Å². The Morgan fingerprint density at radius 1 is 1.03 bits per heavy atom. The van der Waals surface area contributed by atoms with Crippen molar-refractivity contribution in [3.05, 3.63) is 36.8 Å². The largest absolute Gasteiger partial charge is 0.454 e. The van der Waals surface area contributed by atoms with Crippen LogP contribution in [0, 0.1) is 0 Å². The third kappa shape index (κ3) is 2.86. The average molecular weight is 403 g/mol. The van der Waals surface area contributed by atoms with Crippen molar-refractivity contribution in [1.82, 2.24) is 30.0 Å². The van der Waals surface area contributed by atoms with Crippen LogP contribution in [0.15, 0.2) is 36.8 Å². The van der Waals surface area contributed by atoms with Crippen molar-refractivity contribution < 1.29 is 9.47 Å². The molecule has 0 spiro atoms. The van der Waals surface area contributed by atoms with Gasteiger partial charge in [0.1, 0.15) is 11.6 Å². The molecule has 9 nitrogen and oxygen atoms in total. The third-order valence-electron chi connectivity index (χ3n) is 5.77. The zero-order valence-electron chi connectivity index (χ0n) is 16.3. The van der Waals surface area contributed by atoms with Crippen LogP contribution in [0.1, 0.15) is 18.9 Å². The van der Waals surface area contributed by atoms with Crippen LogP contribution in [0.4, 0.5) is 5.82 Å². The monoisotopic (exact) mass is 403 g/mol. The van der Waals surface area contributed by atoms with Crippen molar-refractivity contribution in [1.29, 1.82) is 0 Å². The van der Waals surface area contributed by atoms with E-state index in [1.165, 1.54) is 0 Å². The van der Waals surface area contributed by atoms with E-state index >= 15 is 0 Å². The Morgan fingerprint density at radius 3 is 2.73 bits per heavy atom. The van der Waals surface area contributed by atoms with Gasteiger partial charge in [-0.25, -0.2) is 9.97 Å². The van der Waals surface area contributed by atoms with E-state index in [0.29, 0.717) is 29.2 Å². The predicted molar refractivity (Wildman–Crippen MR) is 112 cm³/mol. The van der Waals surface area contributed by atoms with Crippen LogP contribution >= 0.6 is 0 Å². The molecule has 1 saturated heterocycles. The van der Waals surface area contributed by atoms with Crippen LogP contribution in [-0.2, 0) is 0 Å². The number of pyridine rings is 1. The van der Waals surface area contributed by atoms with Crippen molar-refractivity contribution in [2.45, 2.75) is 18.9 Å². The Labute approximate surface area is 172 Å².